The van der Waals surface area contributed by atoms with Gasteiger partial charge in [0.05, 0.1) is 11.1 Å². The second kappa shape index (κ2) is 1.88. The third-order valence-corrected chi connectivity index (χ3v) is 2.00. The molecule has 1 aliphatic heterocycles. The maximum Gasteiger partial charge on any atom is 0.184 e. The van der Waals surface area contributed by atoms with E-state index in [-0.39, 0.29) is 0 Å². The van der Waals surface area contributed by atoms with Gasteiger partial charge < -0.3 is 0 Å². The molecule has 0 saturated heterocycles. The number of azo groups is 1. The highest BCUT2D eigenvalue weighted by Gasteiger charge is 2.11. The standard InChI is InChI=1S/C9H5N3/c1-2-6-4-5-10-9-8(6)7(3-1)11-12-9/h1-5H. The Hall–Kier alpha value is -1.77. The zero-order valence-electron chi connectivity index (χ0n) is 6.23. The molecule has 0 atom stereocenters. The van der Waals surface area contributed by atoms with E-state index in [2.05, 4.69) is 15.2 Å². The van der Waals surface area contributed by atoms with E-state index in [4.69, 9.17) is 0 Å². The molecule has 0 bridgehead atoms. The normalized spacial score (nSPS) is 12.7. The van der Waals surface area contributed by atoms with Crippen LogP contribution < -0.4 is 0 Å². The molecule has 3 heteroatoms. The highest BCUT2D eigenvalue weighted by molar-refractivity contribution is 6.00. The maximum atomic E-state index is 4.12. The summed E-state index contributed by atoms with van der Waals surface area (Å²) in [4.78, 5) is 4.12. The Morgan fingerprint density at radius 3 is 3.00 bits per heavy atom. The first-order chi connectivity index (χ1) is 5.95. The molecule has 0 fully saturated rings. The van der Waals surface area contributed by atoms with Crippen molar-refractivity contribution >= 4 is 22.3 Å². The quantitative estimate of drug-likeness (QED) is 0.491. The van der Waals surface area contributed by atoms with Crippen molar-refractivity contribution in [2.75, 3.05) is 0 Å². The molecule has 0 aliphatic carbocycles. The minimum Gasteiger partial charge on any atom is -0.235 e. The fourth-order valence-corrected chi connectivity index (χ4v) is 1.45. The van der Waals surface area contributed by atoms with Crippen LogP contribution in [0.5, 0.6) is 0 Å². The number of benzene rings is 1. The van der Waals surface area contributed by atoms with Crippen molar-refractivity contribution in [1.82, 2.24) is 4.98 Å². The molecule has 1 aliphatic rings. The Labute approximate surface area is 68.8 Å². The molecule has 56 valence electrons. The molecule has 12 heavy (non-hydrogen) atoms. The molecule has 2 aromatic rings. The summed E-state index contributed by atoms with van der Waals surface area (Å²) in [6, 6.07) is 7.94. The van der Waals surface area contributed by atoms with Crippen molar-refractivity contribution in [3.8, 4) is 0 Å². The number of nitrogens with zero attached hydrogens (tertiary/aromatic N) is 3. The minimum atomic E-state index is 0.739. The lowest BCUT2D eigenvalue weighted by Gasteiger charge is -1.95. The molecule has 0 N–H and O–H groups in total. The van der Waals surface area contributed by atoms with Crippen LogP contribution in [-0.2, 0) is 0 Å². The zero-order valence-corrected chi connectivity index (χ0v) is 6.23. The Balaban J connectivity index is 2.64. The molecular weight excluding hydrogens is 150 g/mol. The summed E-state index contributed by atoms with van der Waals surface area (Å²) in [6.45, 7) is 0. The summed E-state index contributed by atoms with van der Waals surface area (Å²) in [6.07, 6.45) is 1.76. The van der Waals surface area contributed by atoms with Crippen molar-refractivity contribution in [2.24, 2.45) is 10.2 Å². The Bertz CT molecular complexity index is 447. The van der Waals surface area contributed by atoms with Crippen LogP contribution >= 0.6 is 0 Å². The topological polar surface area (TPSA) is 37.6 Å². The summed E-state index contributed by atoms with van der Waals surface area (Å²) in [7, 11) is 0. The average molecular weight is 155 g/mol. The van der Waals surface area contributed by atoms with Gasteiger partial charge in [0, 0.05) is 6.20 Å². The van der Waals surface area contributed by atoms with Crippen molar-refractivity contribution in [2.45, 2.75) is 0 Å². The second-order valence-electron chi connectivity index (χ2n) is 2.71. The molecule has 0 radical (unpaired) electrons. The van der Waals surface area contributed by atoms with E-state index in [0.29, 0.717) is 0 Å². The molecule has 0 spiro atoms. The Morgan fingerprint density at radius 1 is 1.00 bits per heavy atom. The van der Waals surface area contributed by atoms with E-state index in [9.17, 15) is 0 Å². The van der Waals surface area contributed by atoms with Gasteiger partial charge in [0.2, 0.25) is 0 Å². The number of rotatable bonds is 0. The minimum absolute atomic E-state index is 0.739. The van der Waals surface area contributed by atoms with Gasteiger partial charge in [-0.3, -0.25) is 0 Å². The van der Waals surface area contributed by atoms with Crippen LogP contribution in [0.15, 0.2) is 40.7 Å². The molecule has 0 saturated carbocycles. The number of aromatic nitrogens is 1. The van der Waals surface area contributed by atoms with E-state index in [1.54, 1.807) is 6.20 Å². The van der Waals surface area contributed by atoms with Gasteiger partial charge in [0.1, 0.15) is 0 Å². The van der Waals surface area contributed by atoms with Gasteiger partial charge in [-0.1, -0.05) is 12.1 Å². The largest absolute Gasteiger partial charge is 0.235 e. The maximum absolute atomic E-state index is 4.12. The van der Waals surface area contributed by atoms with E-state index < -0.39 is 0 Å². The lowest BCUT2D eigenvalue weighted by atomic mass is 10.1. The predicted octanol–water partition coefficient (Wildman–Crippen LogP) is 2.96. The van der Waals surface area contributed by atoms with Gasteiger partial charge in [-0.15, -0.1) is 10.2 Å². The first kappa shape index (κ1) is 5.83. The van der Waals surface area contributed by atoms with Crippen LogP contribution in [0.3, 0.4) is 0 Å². The Morgan fingerprint density at radius 2 is 2.00 bits per heavy atom. The van der Waals surface area contributed by atoms with Crippen molar-refractivity contribution < 1.29 is 0 Å². The number of hydrogen-bond donors (Lipinski definition) is 0. The number of hydrogen-bond acceptors (Lipinski definition) is 3. The second-order valence-corrected chi connectivity index (χ2v) is 2.71. The van der Waals surface area contributed by atoms with Crippen molar-refractivity contribution in [3.63, 3.8) is 0 Å². The average Bonchev–Trinajstić information content (AvgIpc) is 2.52. The van der Waals surface area contributed by atoms with Gasteiger partial charge in [-0.25, -0.2) is 4.98 Å². The van der Waals surface area contributed by atoms with E-state index in [0.717, 1.165) is 22.3 Å². The van der Waals surface area contributed by atoms with Gasteiger partial charge in [-0.2, -0.15) is 0 Å². The summed E-state index contributed by atoms with van der Waals surface area (Å²) in [5.74, 6) is 0.739. The summed E-state index contributed by atoms with van der Waals surface area (Å²) in [5.41, 5.74) is 0.926. The number of pyridine rings is 1. The predicted molar refractivity (Wildman–Crippen MR) is 45.9 cm³/mol. The lowest BCUT2D eigenvalue weighted by molar-refractivity contribution is 1.22. The highest BCUT2D eigenvalue weighted by atomic mass is 15.2. The van der Waals surface area contributed by atoms with Crippen LogP contribution in [0.25, 0.3) is 10.8 Å². The Kier molecular flexibility index (Phi) is 0.913. The lowest BCUT2D eigenvalue weighted by Crippen LogP contribution is -1.73. The van der Waals surface area contributed by atoms with Gasteiger partial charge in [0.25, 0.3) is 0 Å². The van der Waals surface area contributed by atoms with Gasteiger partial charge in [-0.05, 0) is 17.5 Å². The van der Waals surface area contributed by atoms with E-state index in [1.165, 1.54) is 0 Å². The molecule has 0 amide bonds. The van der Waals surface area contributed by atoms with Crippen LogP contribution in [0.1, 0.15) is 0 Å². The fourth-order valence-electron chi connectivity index (χ4n) is 1.45. The first-order valence-electron chi connectivity index (χ1n) is 3.75. The fraction of sp³-hybridized carbons (Fsp3) is 0. The summed E-state index contributed by atoms with van der Waals surface area (Å²) < 4.78 is 0. The first-order valence-corrected chi connectivity index (χ1v) is 3.75. The SMILES string of the molecule is c1cc2c3c(nccc3c1)N=N2. The van der Waals surface area contributed by atoms with E-state index in [1.807, 2.05) is 24.3 Å². The van der Waals surface area contributed by atoms with Crippen molar-refractivity contribution in [3.05, 3.63) is 30.5 Å². The summed E-state index contributed by atoms with van der Waals surface area (Å²) in [5, 5.41) is 10.2. The highest BCUT2D eigenvalue weighted by Crippen LogP contribution is 2.38. The molecule has 3 nitrogen and oxygen atoms in total. The molecule has 2 heterocycles. The summed E-state index contributed by atoms with van der Waals surface area (Å²) >= 11 is 0. The third-order valence-electron chi connectivity index (χ3n) is 2.00. The zero-order chi connectivity index (χ0) is 7.97. The third kappa shape index (κ3) is 0.580. The smallest absolute Gasteiger partial charge is 0.184 e. The van der Waals surface area contributed by atoms with Crippen LogP contribution in [0.2, 0.25) is 0 Å². The van der Waals surface area contributed by atoms with Crippen LogP contribution in [0.4, 0.5) is 11.5 Å². The van der Waals surface area contributed by atoms with Gasteiger partial charge in [0.15, 0.2) is 5.82 Å². The molecule has 0 unspecified atom stereocenters. The van der Waals surface area contributed by atoms with Gasteiger partial charge >= 0.3 is 0 Å². The monoisotopic (exact) mass is 155 g/mol. The van der Waals surface area contributed by atoms with Crippen LogP contribution in [-0.4, -0.2) is 4.98 Å². The van der Waals surface area contributed by atoms with Crippen molar-refractivity contribution in [1.29, 1.82) is 0 Å². The molecule has 3 rings (SSSR count). The molecule has 1 aromatic carbocycles. The molecule has 1 aromatic heterocycles. The van der Waals surface area contributed by atoms with E-state index >= 15 is 0 Å². The van der Waals surface area contributed by atoms with Crippen LogP contribution in [0, 0.1) is 0 Å². The molecular formula is C9H5N3.